The molecule has 1 aromatic heterocycles. The molecule has 0 saturated heterocycles. The summed E-state index contributed by atoms with van der Waals surface area (Å²) in [7, 11) is 0. The standard InChI is InChI=1S/C5H5N2O2/c1-3-2-4(8)7-5(9)6-3/h2H,1H3,(H,6,7,8). The van der Waals surface area contributed by atoms with Gasteiger partial charge in [0.2, 0.25) is 0 Å². The summed E-state index contributed by atoms with van der Waals surface area (Å²) >= 11 is 0. The van der Waals surface area contributed by atoms with Gasteiger partial charge in [0.1, 0.15) is 0 Å². The Morgan fingerprint density at radius 3 is 2.78 bits per heavy atom. The van der Waals surface area contributed by atoms with Gasteiger partial charge in [0.15, 0.2) is 0 Å². The minimum Gasteiger partial charge on any atom is -0.273 e. The van der Waals surface area contributed by atoms with E-state index >= 15 is 0 Å². The van der Waals surface area contributed by atoms with Crippen molar-refractivity contribution >= 4 is 0 Å². The van der Waals surface area contributed by atoms with Gasteiger partial charge in [0.05, 0.1) is 0 Å². The largest absolute Gasteiger partial charge is 0.348 e. The van der Waals surface area contributed by atoms with Gasteiger partial charge in [-0.25, -0.2) is 5.11 Å². The average Bonchev–Trinajstić information content (AvgIpc) is 1.59. The van der Waals surface area contributed by atoms with Crippen molar-refractivity contribution in [1.29, 1.82) is 0 Å². The lowest BCUT2D eigenvalue weighted by Crippen LogP contribution is -2.04. The van der Waals surface area contributed by atoms with Crippen LogP contribution in [0.4, 0.5) is 0 Å². The summed E-state index contributed by atoms with van der Waals surface area (Å²) in [5, 5.41) is 10.3. The van der Waals surface area contributed by atoms with Crippen LogP contribution in [0.3, 0.4) is 0 Å². The molecule has 1 aromatic rings. The number of rotatable bonds is 0. The van der Waals surface area contributed by atoms with Gasteiger partial charge in [-0.2, -0.15) is 4.98 Å². The first-order chi connectivity index (χ1) is 4.18. The van der Waals surface area contributed by atoms with E-state index in [-0.39, 0.29) is 0 Å². The molecule has 0 saturated carbocycles. The van der Waals surface area contributed by atoms with Crippen molar-refractivity contribution in [2.75, 3.05) is 0 Å². The number of hydrogen-bond donors (Lipinski definition) is 1. The maximum Gasteiger partial charge on any atom is 0.348 e. The Kier molecular flexibility index (Phi) is 1.22. The minimum absolute atomic E-state index is 0.396. The van der Waals surface area contributed by atoms with Gasteiger partial charge >= 0.3 is 6.01 Å². The van der Waals surface area contributed by atoms with Gasteiger partial charge in [-0.15, -0.1) is 0 Å². The molecule has 1 radical (unpaired) electrons. The lowest BCUT2D eigenvalue weighted by atomic mass is 10.5. The molecule has 0 aliphatic heterocycles. The van der Waals surface area contributed by atoms with Gasteiger partial charge < -0.3 is 0 Å². The molecule has 1 heterocycles. The SMILES string of the molecule is Cc1cc(=O)[nH]c([O])n1. The summed E-state index contributed by atoms with van der Waals surface area (Å²) in [6.07, 6.45) is 0. The summed E-state index contributed by atoms with van der Waals surface area (Å²) in [6, 6.07) is 0.682. The van der Waals surface area contributed by atoms with Crippen LogP contribution in [0, 0.1) is 6.92 Å². The smallest absolute Gasteiger partial charge is 0.273 e. The summed E-state index contributed by atoms with van der Waals surface area (Å²) in [5.74, 6) is 0. The highest BCUT2D eigenvalue weighted by Gasteiger charge is 1.93. The zero-order chi connectivity index (χ0) is 6.85. The number of aromatic nitrogens is 2. The van der Waals surface area contributed by atoms with Crippen molar-refractivity contribution in [2.45, 2.75) is 6.92 Å². The first kappa shape index (κ1) is 5.81. The van der Waals surface area contributed by atoms with Crippen molar-refractivity contribution in [3.63, 3.8) is 0 Å². The van der Waals surface area contributed by atoms with Crippen molar-refractivity contribution in [3.8, 4) is 6.01 Å². The molecule has 4 heteroatoms. The van der Waals surface area contributed by atoms with E-state index in [1.807, 2.05) is 4.98 Å². The molecule has 4 nitrogen and oxygen atoms in total. The number of hydrogen-bond acceptors (Lipinski definition) is 2. The van der Waals surface area contributed by atoms with Crippen LogP contribution in [0.5, 0.6) is 6.01 Å². The second kappa shape index (κ2) is 1.89. The molecule has 0 bridgehead atoms. The van der Waals surface area contributed by atoms with Crippen molar-refractivity contribution in [2.24, 2.45) is 0 Å². The van der Waals surface area contributed by atoms with E-state index in [1.165, 1.54) is 6.07 Å². The lowest BCUT2D eigenvalue weighted by molar-refractivity contribution is 0.317. The highest BCUT2D eigenvalue weighted by atomic mass is 16.3. The molecule has 0 aliphatic rings. The number of nitrogens with zero attached hydrogens (tertiary/aromatic N) is 1. The molecule has 0 atom stereocenters. The van der Waals surface area contributed by atoms with E-state index in [0.29, 0.717) is 5.69 Å². The third-order valence-electron chi connectivity index (χ3n) is 0.848. The molecule has 0 fully saturated rings. The first-order valence-corrected chi connectivity index (χ1v) is 2.43. The molecule has 0 aliphatic carbocycles. The Bertz CT molecular complexity index is 243. The second-order valence-electron chi connectivity index (χ2n) is 1.69. The van der Waals surface area contributed by atoms with Crippen LogP contribution in [0.15, 0.2) is 10.9 Å². The predicted molar refractivity (Wildman–Crippen MR) is 29.7 cm³/mol. The van der Waals surface area contributed by atoms with Crippen molar-refractivity contribution in [3.05, 3.63) is 22.1 Å². The first-order valence-electron chi connectivity index (χ1n) is 2.43. The van der Waals surface area contributed by atoms with Crippen LogP contribution in [-0.4, -0.2) is 9.97 Å². The molecule has 0 spiro atoms. The fraction of sp³-hybridized carbons (Fsp3) is 0.200. The van der Waals surface area contributed by atoms with Crippen LogP contribution in [0.25, 0.3) is 0 Å². The molecule has 0 unspecified atom stereocenters. The van der Waals surface area contributed by atoms with E-state index in [9.17, 15) is 9.90 Å². The zero-order valence-electron chi connectivity index (χ0n) is 4.84. The van der Waals surface area contributed by atoms with Gasteiger partial charge in [-0.05, 0) is 6.92 Å². The summed E-state index contributed by atoms with van der Waals surface area (Å²) in [6.45, 7) is 1.59. The molecular weight excluding hydrogens is 120 g/mol. The molecular formula is C5H5N2O2. The number of aromatic amines is 1. The predicted octanol–water partition coefficient (Wildman–Crippen LogP) is 0.222. The highest BCUT2D eigenvalue weighted by Crippen LogP contribution is 1.93. The Hall–Kier alpha value is -1.32. The van der Waals surface area contributed by atoms with E-state index in [2.05, 4.69) is 4.98 Å². The summed E-state index contributed by atoms with van der Waals surface area (Å²) in [4.78, 5) is 15.8. The monoisotopic (exact) mass is 125 g/mol. The van der Waals surface area contributed by atoms with Crippen molar-refractivity contribution < 1.29 is 5.11 Å². The normalized spacial score (nSPS) is 9.44. The van der Waals surface area contributed by atoms with Gasteiger partial charge in [-0.1, -0.05) is 0 Å². The Balaban J connectivity index is 3.33. The minimum atomic E-state index is -0.583. The van der Waals surface area contributed by atoms with Crippen LogP contribution < -0.4 is 5.56 Å². The zero-order valence-corrected chi connectivity index (χ0v) is 4.84. The molecule has 47 valence electrons. The van der Waals surface area contributed by atoms with Crippen molar-refractivity contribution in [1.82, 2.24) is 9.97 Å². The van der Waals surface area contributed by atoms with Crippen LogP contribution in [-0.2, 0) is 5.11 Å². The average molecular weight is 125 g/mol. The molecule has 0 aromatic carbocycles. The Morgan fingerprint density at radius 1 is 1.67 bits per heavy atom. The molecule has 9 heavy (non-hydrogen) atoms. The lowest BCUT2D eigenvalue weighted by Gasteiger charge is -1.86. The van der Waals surface area contributed by atoms with E-state index in [4.69, 9.17) is 0 Å². The third-order valence-corrected chi connectivity index (χ3v) is 0.848. The fourth-order valence-corrected chi connectivity index (χ4v) is 0.552. The quantitative estimate of drug-likeness (QED) is 0.539. The van der Waals surface area contributed by atoms with Gasteiger partial charge in [0, 0.05) is 11.8 Å². The molecule has 1 N–H and O–H groups in total. The van der Waals surface area contributed by atoms with Crippen LogP contribution >= 0.6 is 0 Å². The molecule has 0 amide bonds. The third kappa shape index (κ3) is 1.28. The number of H-pyrrole nitrogens is 1. The number of nitrogens with one attached hydrogen (secondary N) is 1. The van der Waals surface area contributed by atoms with Gasteiger partial charge in [0.25, 0.3) is 5.56 Å². The fourth-order valence-electron chi connectivity index (χ4n) is 0.552. The maximum absolute atomic E-state index is 10.4. The second-order valence-corrected chi connectivity index (χ2v) is 1.69. The van der Waals surface area contributed by atoms with Crippen LogP contribution in [0.1, 0.15) is 5.69 Å². The van der Waals surface area contributed by atoms with Gasteiger partial charge in [-0.3, -0.25) is 9.78 Å². The van der Waals surface area contributed by atoms with E-state index in [1.54, 1.807) is 6.92 Å². The topological polar surface area (TPSA) is 65.7 Å². The molecule has 1 rings (SSSR count). The Labute approximate surface area is 51.2 Å². The van der Waals surface area contributed by atoms with E-state index < -0.39 is 11.6 Å². The van der Waals surface area contributed by atoms with Crippen LogP contribution in [0.2, 0.25) is 0 Å². The highest BCUT2D eigenvalue weighted by molar-refractivity contribution is 5.01. The maximum atomic E-state index is 10.4. The summed E-state index contributed by atoms with van der Waals surface area (Å²) < 4.78 is 0. The Morgan fingerprint density at radius 2 is 2.33 bits per heavy atom. The summed E-state index contributed by atoms with van der Waals surface area (Å²) in [5.41, 5.74) is 0.0521. The number of aryl methyl sites for hydroxylation is 1. The van der Waals surface area contributed by atoms with E-state index in [0.717, 1.165) is 0 Å².